The molecule has 134 valence electrons. The molecule has 0 amide bonds. The maximum absolute atomic E-state index is 12.3. The van der Waals surface area contributed by atoms with Gasteiger partial charge in [-0.15, -0.1) is 0 Å². The lowest BCUT2D eigenvalue weighted by Gasteiger charge is -2.09. The highest BCUT2D eigenvalue weighted by Crippen LogP contribution is 2.21. The van der Waals surface area contributed by atoms with Crippen LogP contribution in [0.25, 0.3) is 10.9 Å². The number of fused-ring (bicyclic) bond motifs is 1. The van der Waals surface area contributed by atoms with E-state index in [1.807, 2.05) is 24.3 Å². The molecule has 1 aromatic heterocycles. The van der Waals surface area contributed by atoms with E-state index < -0.39 is 16.0 Å². The van der Waals surface area contributed by atoms with E-state index in [0.29, 0.717) is 5.56 Å². The van der Waals surface area contributed by atoms with Crippen LogP contribution >= 0.6 is 11.6 Å². The molecule has 0 fully saturated rings. The van der Waals surface area contributed by atoms with Crippen molar-refractivity contribution in [2.45, 2.75) is 11.5 Å². The molecule has 1 heterocycles. The second-order valence-electron chi connectivity index (χ2n) is 5.44. The molecule has 8 heteroatoms. The van der Waals surface area contributed by atoms with Gasteiger partial charge in [-0.3, -0.25) is 0 Å². The molecule has 0 unspecified atom stereocenters. The van der Waals surface area contributed by atoms with E-state index in [0.717, 1.165) is 10.9 Å². The Morgan fingerprint density at radius 2 is 1.92 bits per heavy atom. The molecular weight excluding hydrogens is 376 g/mol. The van der Waals surface area contributed by atoms with Crippen LogP contribution < -0.4 is 4.72 Å². The highest BCUT2D eigenvalue weighted by Gasteiger charge is 2.16. The molecule has 2 aromatic carbocycles. The fraction of sp³-hybridized carbons (Fsp3) is 0.111. The number of sulfonamides is 1. The minimum atomic E-state index is -3.64. The Morgan fingerprint density at radius 1 is 1.15 bits per heavy atom. The molecule has 0 atom stereocenters. The molecule has 3 aromatic rings. The summed E-state index contributed by atoms with van der Waals surface area (Å²) in [6.07, 6.45) is 0. The fourth-order valence-corrected chi connectivity index (χ4v) is 3.35. The molecule has 0 aliphatic heterocycles. The zero-order valence-corrected chi connectivity index (χ0v) is 15.3. The van der Waals surface area contributed by atoms with E-state index >= 15 is 0 Å². The number of nitrogens with one attached hydrogen (secondary N) is 1. The number of para-hydroxylation sites is 1. The topological polar surface area (TPSA) is 85.4 Å². The number of hydrogen-bond donors (Lipinski definition) is 1. The summed E-state index contributed by atoms with van der Waals surface area (Å²) in [7, 11) is -2.34. The summed E-state index contributed by atoms with van der Waals surface area (Å²) >= 11 is 6.15. The monoisotopic (exact) mass is 390 g/mol. The third kappa shape index (κ3) is 3.85. The number of rotatable bonds is 5. The first kappa shape index (κ1) is 18.3. The van der Waals surface area contributed by atoms with E-state index in [1.54, 1.807) is 6.07 Å². The van der Waals surface area contributed by atoms with Gasteiger partial charge in [0.05, 0.1) is 16.0 Å². The van der Waals surface area contributed by atoms with E-state index in [1.165, 1.54) is 31.3 Å². The van der Waals surface area contributed by atoms with Gasteiger partial charge in [-0.2, -0.15) is 0 Å². The number of hydrogen-bond acceptors (Lipinski definition) is 5. The molecule has 0 bridgehead atoms. The predicted molar refractivity (Wildman–Crippen MR) is 98.6 cm³/mol. The number of carbonyl (C=O) groups is 1. The predicted octanol–water partition coefficient (Wildman–Crippen LogP) is 3.15. The second-order valence-corrected chi connectivity index (χ2v) is 7.69. The Kier molecular flexibility index (Phi) is 5.22. The molecule has 0 aliphatic rings. The maximum atomic E-state index is 12.3. The molecule has 0 saturated carbocycles. The maximum Gasteiger partial charge on any atom is 0.338 e. The second kappa shape index (κ2) is 7.41. The van der Waals surface area contributed by atoms with Crippen molar-refractivity contribution in [2.24, 2.45) is 0 Å². The molecule has 0 saturated heterocycles. The van der Waals surface area contributed by atoms with Crippen LogP contribution in [0.2, 0.25) is 5.15 Å². The van der Waals surface area contributed by atoms with Crippen molar-refractivity contribution in [3.63, 3.8) is 0 Å². The van der Waals surface area contributed by atoms with Crippen molar-refractivity contribution < 1.29 is 17.9 Å². The summed E-state index contributed by atoms with van der Waals surface area (Å²) in [5.74, 6) is -0.651. The fourth-order valence-electron chi connectivity index (χ4n) is 2.37. The Balaban J connectivity index is 1.79. The van der Waals surface area contributed by atoms with E-state index in [9.17, 15) is 13.2 Å². The van der Waals surface area contributed by atoms with Crippen molar-refractivity contribution in [3.05, 3.63) is 70.9 Å². The van der Waals surface area contributed by atoms with Crippen molar-refractivity contribution in [1.29, 1.82) is 0 Å². The van der Waals surface area contributed by atoms with Crippen LogP contribution in [0.5, 0.6) is 0 Å². The van der Waals surface area contributed by atoms with Gasteiger partial charge in [-0.05, 0) is 37.4 Å². The number of pyridine rings is 1. The summed E-state index contributed by atoms with van der Waals surface area (Å²) < 4.78 is 31.1. The van der Waals surface area contributed by atoms with Gasteiger partial charge in [0.2, 0.25) is 10.0 Å². The Morgan fingerprint density at radius 3 is 2.69 bits per heavy atom. The van der Waals surface area contributed by atoms with Crippen LogP contribution in [0, 0.1) is 0 Å². The zero-order valence-electron chi connectivity index (χ0n) is 13.8. The summed E-state index contributed by atoms with van der Waals surface area (Å²) in [5, 5.41) is 1.13. The number of benzene rings is 2. The molecular formula is C18H15ClN2O4S. The third-order valence-electron chi connectivity index (χ3n) is 3.76. The molecule has 1 N–H and O–H groups in total. The number of nitrogens with zero attached hydrogens (tertiary/aromatic N) is 1. The number of carbonyl (C=O) groups excluding carboxylic acids is 1. The van der Waals surface area contributed by atoms with Crippen LogP contribution in [0.4, 0.5) is 0 Å². The number of aromatic nitrogens is 1. The highest BCUT2D eigenvalue weighted by atomic mass is 35.5. The van der Waals surface area contributed by atoms with Crippen LogP contribution in [0.15, 0.2) is 59.5 Å². The molecule has 0 spiro atoms. The summed E-state index contributed by atoms with van der Waals surface area (Å²) in [4.78, 5) is 16.5. The van der Waals surface area contributed by atoms with Gasteiger partial charge < -0.3 is 4.74 Å². The summed E-state index contributed by atoms with van der Waals surface area (Å²) in [6.45, 7) is -0.0709. The first-order chi connectivity index (χ1) is 12.4. The highest BCUT2D eigenvalue weighted by molar-refractivity contribution is 7.89. The third-order valence-corrected chi connectivity index (χ3v) is 5.50. The van der Waals surface area contributed by atoms with Crippen molar-refractivity contribution >= 4 is 38.5 Å². The van der Waals surface area contributed by atoms with Gasteiger partial charge in [-0.1, -0.05) is 35.9 Å². The minimum Gasteiger partial charge on any atom is -0.457 e. The van der Waals surface area contributed by atoms with Gasteiger partial charge >= 0.3 is 5.97 Å². The first-order valence-corrected chi connectivity index (χ1v) is 9.52. The van der Waals surface area contributed by atoms with Crippen LogP contribution in [0.1, 0.15) is 15.9 Å². The zero-order chi connectivity index (χ0) is 18.7. The van der Waals surface area contributed by atoms with E-state index in [-0.39, 0.29) is 22.2 Å². The number of halogens is 1. The number of ether oxygens (including phenoxy) is 1. The van der Waals surface area contributed by atoms with Gasteiger partial charge in [-0.25, -0.2) is 22.9 Å². The Bertz CT molecular complexity index is 1080. The molecule has 0 radical (unpaired) electrons. The lowest BCUT2D eigenvalue weighted by atomic mass is 10.1. The molecule has 26 heavy (non-hydrogen) atoms. The SMILES string of the molecule is CNS(=O)(=O)c1cccc(C(=O)OCc2cc3ccccc3nc2Cl)c1. The van der Waals surface area contributed by atoms with Crippen molar-refractivity contribution in [1.82, 2.24) is 9.71 Å². The van der Waals surface area contributed by atoms with Gasteiger partial charge in [0.25, 0.3) is 0 Å². The average Bonchev–Trinajstić information content (AvgIpc) is 2.66. The van der Waals surface area contributed by atoms with Gasteiger partial charge in [0.15, 0.2) is 0 Å². The molecule has 6 nitrogen and oxygen atoms in total. The normalized spacial score (nSPS) is 11.5. The summed E-state index contributed by atoms with van der Waals surface area (Å²) in [6, 6.07) is 14.9. The molecule has 0 aliphatic carbocycles. The van der Waals surface area contributed by atoms with Crippen LogP contribution in [-0.2, 0) is 21.4 Å². The average molecular weight is 391 g/mol. The van der Waals surface area contributed by atoms with E-state index in [4.69, 9.17) is 16.3 Å². The number of esters is 1. The van der Waals surface area contributed by atoms with Crippen LogP contribution in [0.3, 0.4) is 0 Å². The Labute approximate surface area is 155 Å². The largest absolute Gasteiger partial charge is 0.457 e. The quantitative estimate of drug-likeness (QED) is 0.534. The van der Waals surface area contributed by atoms with Crippen molar-refractivity contribution in [2.75, 3.05) is 7.05 Å². The lowest BCUT2D eigenvalue weighted by molar-refractivity contribution is 0.0472. The van der Waals surface area contributed by atoms with E-state index in [2.05, 4.69) is 9.71 Å². The van der Waals surface area contributed by atoms with Gasteiger partial charge in [0.1, 0.15) is 11.8 Å². The van der Waals surface area contributed by atoms with Crippen molar-refractivity contribution in [3.8, 4) is 0 Å². The Hall–Kier alpha value is -2.48. The molecule has 3 rings (SSSR count). The summed E-state index contributed by atoms with van der Waals surface area (Å²) in [5.41, 5.74) is 1.45. The minimum absolute atomic E-state index is 0.0140. The smallest absolute Gasteiger partial charge is 0.338 e. The standard InChI is InChI=1S/C18H15ClN2O4S/c1-20-26(23,24)15-7-4-6-13(10-15)18(22)25-11-14-9-12-5-2-3-8-16(12)21-17(14)19/h2-10,20H,11H2,1H3. The van der Waals surface area contributed by atoms with Gasteiger partial charge in [0, 0.05) is 10.9 Å². The lowest BCUT2D eigenvalue weighted by Crippen LogP contribution is -2.19. The van der Waals surface area contributed by atoms with Crippen LogP contribution in [-0.4, -0.2) is 26.4 Å². The first-order valence-electron chi connectivity index (χ1n) is 7.65.